The highest BCUT2D eigenvalue weighted by Gasteiger charge is 2.08. The van der Waals surface area contributed by atoms with E-state index in [9.17, 15) is 0 Å². The first kappa shape index (κ1) is 20.1. The second kappa shape index (κ2) is 11.4. The van der Waals surface area contributed by atoms with Crippen molar-refractivity contribution in [2.75, 3.05) is 6.54 Å². The number of hydrogen-bond donors (Lipinski definition) is 1. The lowest BCUT2D eigenvalue weighted by Crippen LogP contribution is -2.15. The van der Waals surface area contributed by atoms with Gasteiger partial charge in [-0.05, 0) is 31.2 Å². The highest BCUT2D eigenvalue weighted by Crippen LogP contribution is 2.27. The van der Waals surface area contributed by atoms with Crippen LogP contribution in [0, 0.1) is 0 Å². The summed E-state index contributed by atoms with van der Waals surface area (Å²) in [6, 6.07) is 13.6. The Hall–Kier alpha value is -1.22. The number of nitrogens with one attached hydrogen (secondary N) is 1. The fraction of sp³-hybridized carbons (Fsp3) is 0.429. The maximum atomic E-state index is 6.21. The molecular formula is C21H27Cl2NO. The first-order valence-corrected chi connectivity index (χ1v) is 9.82. The third-order valence-electron chi connectivity index (χ3n) is 4.18. The van der Waals surface area contributed by atoms with Crippen LogP contribution in [0.2, 0.25) is 10.0 Å². The van der Waals surface area contributed by atoms with Crippen molar-refractivity contribution < 1.29 is 4.74 Å². The minimum Gasteiger partial charge on any atom is -0.488 e. The van der Waals surface area contributed by atoms with Crippen LogP contribution in [0.3, 0.4) is 0 Å². The Balaban J connectivity index is 1.84. The third kappa shape index (κ3) is 6.89. The molecule has 0 aromatic heterocycles. The van der Waals surface area contributed by atoms with Crippen molar-refractivity contribution >= 4 is 23.2 Å². The van der Waals surface area contributed by atoms with E-state index in [2.05, 4.69) is 18.3 Å². The molecule has 136 valence electrons. The number of rotatable bonds is 11. The van der Waals surface area contributed by atoms with Gasteiger partial charge in [-0.15, -0.1) is 0 Å². The van der Waals surface area contributed by atoms with E-state index >= 15 is 0 Å². The summed E-state index contributed by atoms with van der Waals surface area (Å²) in [5.74, 6) is 0.872. The van der Waals surface area contributed by atoms with Crippen LogP contribution in [0.1, 0.15) is 50.2 Å². The Labute approximate surface area is 161 Å². The predicted octanol–water partition coefficient (Wildman–Crippen LogP) is 6.63. The summed E-state index contributed by atoms with van der Waals surface area (Å²) in [6.45, 7) is 4.45. The van der Waals surface area contributed by atoms with Crippen LogP contribution >= 0.6 is 23.2 Å². The van der Waals surface area contributed by atoms with E-state index in [1.807, 2.05) is 36.4 Å². The largest absolute Gasteiger partial charge is 0.488 e. The van der Waals surface area contributed by atoms with Crippen LogP contribution in [0.25, 0.3) is 0 Å². The molecular weight excluding hydrogens is 353 g/mol. The van der Waals surface area contributed by atoms with E-state index in [1.54, 1.807) is 0 Å². The maximum absolute atomic E-state index is 6.21. The lowest BCUT2D eigenvalue weighted by Gasteiger charge is -2.13. The first-order chi connectivity index (χ1) is 12.2. The van der Waals surface area contributed by atoms with Gasteiger partial charge in [-0.25, -0.2) is 0 Å². The van der Waals surface area contributed by atoms with Gasteiger partial charge in [0.1, 0.15) is 12.4 Å². The van der Waals surface area contributed by atoms with Gasteiger partial charge in [0.05, 0.1) is 0 Å². The van der Waals surface area contributed by atoms with Crippen LogP contribution in [0.4, 0.5) is 0 Å². The molecule has 2 nitrogen and oxygen atoms in total. The Morgan fingerprint density at radius 3 is 2.36 bits per heavy atom. The summed E-state index contributed by atoms with van der Waals surface area (Å²) in [4.78, 5) is 0. The topological polar surface area (TPSA) is 21.3 Å². The van der Waals surface area contributed by atoms with Crippen LogP contribution in [0.15, 0.2) is 42.5 Å². The van der Waals surface area contributed by atoms with E-state index in [1.165, 1.54) is 32.1 Å². The normalized spacial score (nSPS) is 10.8. The molecule has 0 heterocycles. The van der Waals surface area contributed by atoms with Crippen molar-refractivity contribution in [3.05, 3.63) is 63.6 Å². The van der Waals surface area contributed by atoms with E-state index in [0.717, 1.165) is 30.0 Å². The average molecular weight is 380 g/mol. The van der Waals surface area contributed by atoms with Crippen LogP contribution < -0.4 is 10.1 Å². The standard InChI is InChI=1S/C21H27Cl2NO/c1-2-3-4-5-8-14-24-15-17-10-6-7-13-21(17)25-16-18-19(22)11-9-12-20(18)23/h6-7,9-13,24H,2-5,8,14-16H2,1H3. The van der Waals surface area contributed by atoms with Crippen molar-refractivity contribution in [1.29, 1.82) is 0 Å². The zero-order valence-electron chi connectivity index (χ0n) is 14.9. The van der Waals surface area contributed by atoms with Gasteiger partial charge >= 0.3 is 0 Å². The van der Waals surface area contributed by atoms with Crippen molar-refractivity contribution in [3.8, 4) is 5.75 Å². The number of unbranched alkanes of at least 4 members (excludes halogenated alkanes) is 4. The Morgan fingerprint density at radius 1 is 0.880 bits per heavy atom. The van der Waals surface area contributed by atoms with E-state index in [4.69, 9.17) is 27.9 Å². The second-order valence-electron chi connectivity index (χ2n) is 6.19. The fourth-order valence-electron chi connectivity index (χ4n) is 2.69. The molecule has 2 aromatic carbocycles. The molecule has 1 N–H and O–H groups in total. The molecule has 0 aliphatic heterocycles. The molecule has 0 amide bonds. The SMILES string of the molecule is CCCCCCCNCc1ccccc1OCc1c(Cl)cccc1Cl. The molecule has 2 aromatic rings. The lowest BCUT2D eigenvalue weighted by atomic mass is 10.1. The molecule has 0 bridgehead atoms. The van der Waals surface area contributed by atoms with Gasteiger partial charge in [0.15, 0.2) is 0 Å². The van der Waals surface area contributed by atoms with Gasteiger partial charge in [0.2, 0.25) is 0 Å². The number of hydrogen-bond acceptors (Lipinski definition) is 2. The lowest BCUT2D eigenvalue weighted by molar-refractivity contribution is 0.302. The number of halogens is 2. The highest BCUT2D eigenvalue weighted by atomic mass is 35.5. The monoisotopic (exact) mass is 379 g/mol. The van der Waals surface area contributed by atoms with Crippen molar-refractivity contribution in [3.63, 3.8) is 0 Å². The molecule has 4 heteroatoms. The van der Waals surface area contributed by atoms with E-state index < -0.39 is 0 Å². The quantitative estimate of drug-likeness (QED) is 0.442. The summed E-state index contributed by atoms with van der Waals surface area (Å²) >= 11 is 12.4. The van der Waals surface area contributed by atoms with Gasteiger partial charge in [-0.2, -0.15) is 0 Å². The highest BCUT2D eigenvalue weighted by molar-refractivity contribution is 6.35. The molecule has 0 radical (unpaired) electrons. The van der Waals surface area contributed by atoms with Gasteiger partial charge in [-0.1, -0.05) is 80.1 Å². The van der Waals surface area contributed by atoms with Crippen molar-refractivity contribution in [2.24, 2.45) is 0 Å². The summed E-state index contributed by atoms with van der Waals surface area (Å²) in [6.07, 6.45) is 6.47. The van der Waals surface area contributed by atoms with Gasteiger partial charge < -0.3 is 10.1 Å². The van der Waals surface area contributed by atoms with Crippen molar-refractivity contribution in [1.82, 2.24) is 5.32 Å². The van der Waals surface area contributed by atoms with Gasteiger partial charge in [0, 0.05) is 27.7 Å². The van der Waals surface area contributed by atoms with Crippen LogP contribution in [-0.4, -0.2) is 6.54 Å². The number of ether oxygens (including phenoxy) is 1. The molecule has 0 atom stereocenters. The fourth-order valence-corrected chi connectivity index (χ4v) is 3.19. The average Bonchev–Trinajstić information content (AvgIpc) is 2.61. The Kier molecular flexibility index (Phi) is 9.17. The van der Waals surface area contributed by atoms with E-state index in [-0.39, 0.29) is 0 Å². The molecule has 0 saturated carbocycles. The van der Waals surface area contributed by atoms with Crippen molar-refractivity contribution in [2.45, 2.75) is 52.2 Å². The Bertz CT molecular complexity index is 625. The number of benzene rings is 2. The van der Waals surface area contributed by atoms with Crippen LogP contribution in [0.5, 0.6) is 5.75 Å². The van der Waals surface area contributed by atoms with Gasteiger partial charge in [0.25, 0.3) is 0 Å². The third-order valence-corrected chi connectivity index (χ3v) is 4.89. The van der Waals surface area contributed by atoms with Gasteiger partial charge in [-0.3, -0.25) is 0 Å². The molecule has 0 saturated heterocycles. The zero-order chi connectivity index (χ0) is 17.9. The summed E-state index contributed by atoms with van der Waals surface area (Å²) in [5, 5.41) is 4.78. The minimum atomic E-state index is 0.368. The molecule has 25 heavy (non-hydrogen) atoms. The Morgan fingerprint density at radius 2 is 1.60 bits per heavy atom. The smallest absolute Gasteiger partial charge is 0.124 e. The molecule has 0 spiro atoms. The first-order valence-electron chi connectivity index (χ1n) is 9.06. The van der Waals surface area contributed by atoms with E-state index in [0.29, 0.717) is 16.7 Å². The summed E-state index contributed by atoms with van der Waals surface area (Å²) < 4.78 is 5.99. The summed E-state index contributed by atoms with van der Waals surface area (Å²) in [7, 11) is 0. The molecule has 0 unspecified atom stereocenters. The minimum absolute atomic E-state index is 0.368. The van der Waals surface area contributed by atoms with Crippen LogP contribution in [-0.2, 0) is 13.2 Å². The number of para-hydroxylation sites is 1. The maximum Gasteiger partial charge on any atom is 0.124 e. The predicted molar refractivity (Wildman–Crippen MR) is 108 cm³/mol. The second-order valence-corrected chi connectivity index (χ2v) is 7.00. The molecule has 0 fully saturated rings. The molecule has 2 rings (SSSR count). The molecule has 0 aliphatic rings. The molecule has 0 aliphatic carbocycles. The zero-order valence-corrected chi connectivity index (χ0v) is 16.4. The summed E-state index contributed by atoms with van der Waals surface area (Å²) in [5.41, 5.74) is 1.98.